The number of nitrogens with two attached hydrogens (primary N) is 1. The van der Waals surface area contributed by atoms with Gasteiger partial charge < -0.3 is 11.1 Å². The van der Waals surface area contributed by atoms with Crippen LogP contribution in [0.3, 0.4) is 0 Å². The molecule has 1 fully saturated rings. The molecule has 0 radical (unpaired) electrons. The smallest absolute Gasteiger partial charge is 0.227 e. The van der Waals surface area contributed by atoms with Gasteiger partial charge in [-0.2, -0.15) is 11.8 Å². The van der Waals surface area contributed by atoms with Crippen molar-refractivity contribution in [2.75, 3.05) is 19.3 Å². The van der Waals surface area contributed by atoms with E-state index < -0.39 is 0 Å². The molecule has 18 heavy (non-hydrogen) atoms. The van der Waals surface area contributed by atoms with E-state index in [0.717, 1.165) is 45.1 Å². The van der Waals surface area contributed by atoms with Gasteiger partial charge in [-0.1, -0.05) is 26.7 Å². The first-order chi connectivity index (χ1) is 8.58. The van der Waals surface area contributed by atoms with Crippen molar-refractivity contribution in [3.63, 3.8) is 0 Å². The highest BCUT2D eigenvalue weighted by Crippen LogP contribution is 2.38. The minimum absolute atomic E-state index is 0.183. The quantitative estimate of drug-likeness (QED) is 0.749. The summed E-state index contributed by atoms with van der Waals surface area (Å²) in [7, 11) is 0. The van der Waals surface area contributed by atoms with E-state index in [4.69, 9.17) is 5.73 Å². The van der Waals surface area contributed by atoms with Crippen LogP contribution in [0, 0.1) is 5.41 Å². The number of hydrogen-bond acceptors (Lipinski definition) is 3. The van der Waals surface area contributed by atoms with Crippen molar-refractivity contribution >= 4 is 17.7 Å². The molecule has 3 nitrogen and oxygen atoms in total. The number of amides is 1. The van der Waals surface area contributed by atoms with Gasteiger partial charge in [0.05, 0.1) is 5.41 Å². The largest absolute Gasteiger partial charge is 0.354 e. The summed E-state index contributed by atoms with van der Waals surface area (Å²) >= 11 is 1.86. The third-order valence-corrected chi connectivity index (χ3v) is 6.31. The van der Waals surface area contributed by atoms with Crippen LogP contribution in [0.4, 0.5) is 0 Å². The van der Waals surface area contributed by atoms with Gasteiger partial charge in [0.25, 0.3) is 0 Å². The first-order valence-electron chi connectivity index (χ1n) is 7.11. The summed E-state index contributed by atoms with van der Waals surface area (Å²) in [4.78, 5) is 12.4. The highest BCUT2D eigenvalue weighted by atomic mass is 32.2. The zero-order valence-electron chi connectivity index (χ0n) is 12.1. The minimum Gasteiger partial charge on any atom is -0.354 e. The first kappa shape index (κ1) is 15.8. The molecule has 0 saturated heterocycles. The van der Waals surface area contributed by atoms with Crippen molar-refractivity contribution in [2.24, 2.45) is 11.1 Å². The summed E-state index contributed by atoms with van der Waals surface area (Å²) < 4.78 is 0.185. The molecule has 4 heteroatoms. The summed E-state index contributed by atoms with van der Waals surface area (Å²) in [6, 6.07) is 0. The van der Waals surface area contributed by atoms with Crippen LogP contribution < -0.4 is 11.1 Å². The summed E-state index contributed by atoms with van der Waals surface area (Å²) in [6.07, 6.45) is 8.49. The summed E-state index contributed by atoms with van der Waals surface area (Å²) in [5.41, 5.74) is 5.57. The Morgan fingerprint density at radius 2 is 1.89 bits per heavy atom. The Kier molecular flexibility index (Phi) is 5.99. The van der Waals surface area contributed by atoms with Crippen LogP contribution in [0.5, 0.6) is 0 Å². The fourth-order valence-electron chi connectivity index (χ4n) is 2.87. The molecule has 0 aromatic rings. The normalized spacial score (nSPS) is 18.9. The fourth-order valence-corrected chi connectivity index (χ4v) is 3.66. The van der Waals surface area contributed by atoms with E-state index in [1.807, 2.05) is 11.8 Å². The van der Waals surface area contributed by atoms with Crippen LogP contribution in [-0.2, 0) is 4.79 Å². The van der Waals surface area contributed by atoms with E-state index >= 15 is 0 Å². The predicted octanol–water partition coefficient (Wildman–Crippen LogP) is 2.54. The van der Waals surface area contributed by atoms with Crippen molar-refractivity contribution < 1.29 is 4.79 Å². The highest BCUT2D eigenvalue weighted by molar-refractivity contribution is 8.00. The van der Waals surface area contributed by atoms with Gasteiger partial charge in [-0.3, -0.25) is 4.79 Å². The van der Waals surface area contributed by atoms with Crippen LogP contribution in [0.1, 0.15) is 52.4 Å². The molecule has 0 atom stereocenters. The lowest BCUT2D eigenvalue weighted by atomic mass is 9.85. The Morgan fingerprint density at radius 3 is 2.28 bits per heavy atom. The number of nitrogens with one attached hydrogen (secondary N) is 1. The molecule has 0 spiro atoms. The molecule has 0 aromatic heterocycles. The average Bonchev–Trinajstić information content (AvgIpc) is 2.91. The standard InChI is InChI=1S/C14H28N2OS/c1-4-14(5-2,18-3)11-16-12(17)13(10-15)8-6-7-9-13/h4-11,15H2,1-3H3,(H,16,17). The number of hydrogen-bond donors (Lipinski definition) is 2. The third kappa shape index (κ3) is 3.21. The van der Waals surface area contributed by atoms with Crippen LogP contribution in [0.15, 0.2) is 0 Å². The average molecular weight is 272 g/mol. The minimum atomic E-state index is -0.272. The molecule has 1 amide bonds. The molecule has 1 saturated carbocycles. The molecule has 106 valence electrons. The summed E-state index contributed by atoms with van der Waals surface area (Å²) in [6.45, 7) is 5.64. The summed E-state index contributed by atoms with van der Waals surface area (Å²) in [5.74, 6) is 0.183. The number of rotatable bonds is 7. The second-order valence-corrected chi connectivity index (χ2v) is 6.74. The Hall–Kier alpha value is -0.220. The molecule has 0 unspecified atom stereocenters. The molecule has 1 aliphatic carbocycles. The van der Waals surface area contributed by atoms with Gasteiger partial charge in [-0.15, -0.1) is 0 Å². The van der Waals surface area contributed by atoms with E-state index in [-0.39, 0.29) is 16.1 Å². The van der Waals surface area contributed by atoms with Crippen LogP contribution >= 0.6 is 11.8 Å². The lowest BCUT2D eigenvalue weighted by Crippen LogP contribution is -2.48. The van der Waals surface area contributed by atoms with Gasteiger partial charge in [0.1, 0.15) is 0 Å². The van der Waals surface area contributed by atoms with Gasteiger partial charge in [0, 0.05) is 17.8 Å². The van der Waals surface area contributed by atoms with Gasteiger partial charge >= 0.3 is 0 Å². The van der Waals surface area contributed by atoms with Gasteiger partial charge in [0.2, 0.25) is 5.91 Å². The maximum Gasteiger partial charge on any atom is 0.227 e. The Labute approximate surface area is 116 Å². The zero-order valence-corrected chi connectivity index (χ0v) is 12.9. The van der Waals surface area contributed by atoms with Crippen molar-refractivity contribution in [3.8, 4) is 0 Å². The number of carbonyl (C=O) groups excluding carboxylic acids is 1. The maximum absolute atomic E-state index is 12.4. The van der Waals surface area contributed by atoms with Gasteiger partial charge in [-0.05, 0) is 31.9 Å². The lowest BCUT2D eigenvalue weighted by Gasteiger charge is -2.33. The van der Waals surface area contributed by atoms with Crippen molar-refractivity contribution in [3.05, 3.63) is 0 Å². The predicted molar refractivity (Wildman–Crippen MR) is 79.8 cm³/mol. The highest BCUT2D eigenvalue weighted by Gasteiger charge is 2.40. The van der Waals surface area contributed by atoms with Gasteiger partial charge in [0.15, 0.2) is 0 Å². The van der Waals surface area contributed by atoms with E-state index in [0.29, 0.717) is 6.54 Å². The Bertz CT molecular complexity index is 263. The van der Waals surface area contributed by atoms with E-state index in [1.165, 1.54) is 0 Å². The molecule has 3 N–H and O–H groups in total. The Balaban J connectivity index is 2.59. The van der Waals surface area contributed by atoms with Crippen molar-refractivity contribution in [2.45, 2.75) is 57.1 Å². The number of carbonyl (C=O) groups is 1. The molecule has 0 aliphatic heterocycles. The molecular formula is C14H28N2OS. The first-order valence-corrected chi connectivity index (χ1v) is 8.34. The van der Waals surface area contributed by atoms with E-state index in [1.54, 1.807) is 0 Å². The van der Waals surface area contributed by atoms with E-state index in [9.17, 15) is 4.79 Å². The van der Waals surface area contributed by atoms with E-state index in [2.05, 4.69) is 25.4 Å². The van der Waals surface area contributed by atoms with Gasteiger partial charge in [-0.25, -0.2) is 0 Å². The maximum atomic E-state index is 12.4. The lowest BCUT2D eigenvalue weighted by molar-refractivity contribution is -0.130. The molecular weight excluding hydrogens is 244 g/mol. The second-order valence-electron chi connectivity index (χ2n) is 5.47. The van der Waals surface area contributed by atoms with Crippen LogP contribution in [-0.4, -0.2) is 30.0 Å². The topological polar surface area (TPSA) is 55.1 Å². The molecule has 1 aliphatic rings. The monoisotopic (exact) mass is 272 g/mol. The van der Waals surface area contributed by atoms with Crippen molar-refractivity contribution in [1.82, 2.24) is 5.32 Å². The Morgan fingerprint density at radius 1 is 1.33 bits per heavy atom. The number of thioether (sulfide) groups is 1. The van der Waals surface area contributed by atoms with Crippen molar-refractivity contribution in [1.29, 1.82) is 0 Å². The van der Waals surface area contributed by atoms with Crippen LogP contribution in [0.25, 0.3) is 0 Å². The molecule has 0 bridgehead atoms. The molecule has 1 rings (SSSR count). The summed E-state index contributed by atoms with van der Waals surface area (Å²) in [5, 5.41) is 3.17. The SMILES string of the molecule is CCC(CC)(CNC(=O)C1(CN)CCCC1)SC. The molecule has 0 aromatic carbocycles. The fraction of sp³-hybridized carbons (Fsp3) is 0.929. The van der Waals surface area contributed by atoms with Crippen LogP contribution in [0.2, 0.25) is 0 Å². The zero-order chi connectivity index (χ0) is 13.6. The molecule has 0 heterocycles. The second kappa shape index (κ2) is 6.80. The third-order valence-electron chi connectivity index (χ3n) is 4.73.